The van der Waals surface area contributed by atoms with Crippen molar-refractivity contribution in [2.24, 2.45) is 0 Å². The summed E-state index contributed by atoms with van der Waals surface area (Å²) in [7, 11) is 6.09. The van der Waals surface area contributed by atoms with E-state index in [1.165, 1.54) is 10.9 Å². The van der Waals surface area contributed by atoms with Crippen LogP contribution in [0, 0.1) is 0 Å². The van der Waals surface area contributed by atoms with Crippen molar-refractivity contribution in [3.63, 3.8) is 0 Å². The lowest BCUT2D eigenvalue weighted by Gasteiger charge is -1.99. The average Bonchev–Trinajstić information content (AvgIpc) is 2.57. The minimum atomic E-state index is 1.04. The van der Waals surface area contributed by atoms with Crippen LogP contribution in [-0.4, -0.2) is 12.5 Å². The van der Waals surface area contributed by atoms with Gasteiger partial charge in [0.05, 0.1) is 0 Å². The van der Waals surface area contributed by atoms with E-state index in [9.17, 15) is 0 Å². The predicted molar refractivity (Wildman–Crippen MR) is 72.5 cm³/mol. The lowest BCUT2D eigenvalue weighted by molar-refractivity contribution is 1.28. The number of fused-ring (bicyclic) bond motifs is 1. The second-order valence-electron chi connectivity index (χ2n) is 3.69. The molecule has 1 heterocycles. The molecule has 0 atom stereocenters. The fraction of sp³-hybridized carbons (Fsp3) is 0.143. The smallest absolute Gasteiger partial charge is 0.234 e. The van der Waals surface area contributed by atoms with E-state index in [1.54, 1.807) is 4.48 Å². The highest BCUT2D eigenvalue weighted by Gasteiger charge is 2.08. The molecule has 0 aliphatic heterocycles. The van der Waals surface area contributed by atoms with Crippen molar-refractivity contribution in [2.45, 2.75) is 13.8 Å². The highest BCUT2D eigenvalue weighted by Crippen LogP contribution is 2.27. The van der Waals surface area contributed by atoms with E-state index < -0.39 is 0 Å². The van der Waals surface area contributed by atoms with Crippen LogP contribution in [-0.2, 0) is 0 Å². The molecule has 2 aromatic rings. The van der Waals surface area contributed by atoms with Gasteiger partial charge < -0.3 is 4.48 Å². The number of rotatable bonds is 2. The third-order valence-corrected chi connectivity index (χ3v) is 2.65. The van der Waals surface area contributed by atoms with Gasteiger partial charge in [-0.05, 0) is 26.0 Å². The fourth-order valence-electron chi connectivity index (χ4n) is 1.98. The lowest BCUT2D eigenvalue weighted by Crippen LogP contribution is -1.93. The minimum Gasteiger partial charge on any atom is -0.397 e. The fourth-order valence-corrected chi connectivity index (χ4v) is 1.98. The molecule has 2 heteroatoms. The van der Waals surface area contributed by atoms with Crippen LogP contribution < -0.4 is 0 Å². The van der Waals surface area contributed by atoms with E-state index >= 15 is 0 Å². The highest BCUT2D eigenvalue weighted by molar-refractivity contribution is 6.15. The van der Waals surface area contributed by atoms with Gasteiger partial charge in [-0.2, -0.15) is 0 Å². The largest absolute Gasteiger partial charge is 0.397 e. The van der Waals surface area contributed by atoms with Crippen molar-refractivity contribution >= 4 is 31.0 Å². The molecule has 78 valence electrons. The molecule has 0 fully saturated rings. The summed E-state index contributed by atoms with van der Waals surface area (Å²) >= 11 is 0. The molecule has 0 saturated carbocycles. The van der Waals surface area contributed by atoms with E-state index in [-0.39, 0.29) is 0 Å². The Morgan fingerprint density at radius 2 is 1.75 bits per heavy atom. The molecular weight excluding hydrogens is 193 g/mol. The van der Waals surface area contributed by atoms with Gasteiger partial charge in [-0.25, -0.2) is 0 Å². The van der Waals surface area contributed by atoms with Gasteiger partial charge in [-0.1, -0.05) is 36.4 Å². The van der Waals surface area contributed by atoms with E-state index in [1.807, 2.05) is 50.3 Å². The molecule has 0 N–H and O–H groups in total. The minimum absolute atomic E-state index is 1.04. The predicted octanol–water partition coefficient (Wildman–Crippen LogP) is 3.64. The van der Waals surface area contributed by atoms with Crippen molar-refractivity contribution < 1.29 is 0 Å². The maximum atomic E-state index is 6.09. The quantitative estimate of drug-likeness (QED) is 0.662. The number of allylic oxidation sites excluding steroid dienone is 2. The summed E-state index contributed by atoms with van der Waals surface area (Å²) in [6, 6.07) is 8.18. The molecule has 0 bridgehead atoms. The highest BCUT2D eigenvalue weighted by atomic mass is 14.9. The third kappa shape index (κ3) is 1.60. The Morgan fingerprint density at radius 1 is 1.06 bits per heavy atom. The zero-order chi connectivity index (χ0) is 11.5. The van der Waals surface area contributed by atoms with Crippen molar-refractivity contribution in [2.75, 3.05) is 0 Å². The lowest BCUT2D eigenvalue weighted by atomic mass is 10.1. The standard InChI is InChI=1S/C14H14BN/c1-3-7-11-12-9-5-6-10-14(12)16(15)13(11)8-4-2/h3-10H,1-2H3/b7-3-,8-4-. The van der Waals surface area contributed by atoms with Gasteiger partial charge in [-0.3, -0.25) is 0 Å². The second-order valence-corrected chi connectivity index (χ2v) is 3.69. The molecule has 0 aliphatic carbocycles. The molecular formula is C14H14BN. The summed E-state index contributed by atoms with van der Waals surface area (Å²) in [5.74, 6) is 0. The molecule has 16 heavy (non-hydrogen) atoms. The molecule has 0 amide bonds. The van der Waals surface area contributed by atoms with Gasteiger partial charge in [-0.15, -0.1) is 0 Å². The van der Waals surface area contributed by atoms with E-state index in [0.29, 0.717) is 0 Å². The first-order valence-corrected chi connectivity index (χ1v) is 5.43. The van der Waals surface area contributed by atoms with Crippen LogP contribution in [0.15, 0.2) is 36.4 Å². The molecule has 2 radical (unpaired) electrons. The van der Waals surface area contributed by atoms with E-state index in [2.05, 4.69) is 12.1 Å². The molecule has 0 unspecified atom stereocenters. The Kier molecular flexibility index (Phi) is 3.00. The zero-order valence-electron chi connectivity index (χ0n) is 9.64. The Bertz CT molecular complexity index is 561. The Hall–Kier alpha value is -1.70. The molecule has 0 spiro atoms. The van der Waals surface area contributed by atoms with E-state index in [0.717, 1.165) is 11.2 Å². The van der Waals surface area contributed by atoms with E-state index in [4.69, 9.17) is 7.98 Å². The number of hydrogen-bond donors (Lipinski definition) is 0. The molecule has 0 aliphatic rings. The van der Waals surface area contributed by atoms with Gasteiger partial charge in [0.15, 0.2) is 0 Å². The summed E-state index contributed by atoms with van der Waals surface area (Å²) < 4.78 is 1.74. The Labute approximate surface area is 97.5 Å². The number of hydrogen-bond acceptors (Lipinski definition) is 0. The second kappa shape index (κ2) is 4.44. The zero-order valence-corrected chi connectivity index (χ0v) is 9.64. The SMILES string of the molecule is [B]n1c(/C=C\C)c(/C=C\C)c2ccccc21. The number of para-hydroxylation sites is 1. The van der Waals surface area contributed by atoms with Gasteiger partial charge >= 0.3 is 0 Å². The first kappa shape index (κ1) is 10.8. The third-order valence-electron chi connectivity index (χ3n) is 2.65. The van der Waals surface area contributed by atoms with Crippen LogP contribution in [0.2, 0.25) is 0 Å². The van der Waals surface area contributed by atoms with Crippen molar-refractivity contribution in [3.8, 4) is 0 Å². The van der Waals surface area contributed by atoms with Crippen molar-refractivity contribution in [1.29, 1.82) is 0 Å². The average molecular weight is 207 g/mol. The normalized spacial score (nSPS) is 12.1. The maximum Gasteiger partial charge on any atom is 0.234 e. The number of aromatic nitrogens is 1. The summed E-state index contributed by atoms with van der Waals surface area (Å²) in [6.45, 7) is 4.01. The van der Waals surface area contributed by atoms with Crippen molar-refractivity contribution in [1.82, 2.24) is 4.48 Å². The van der Waals surface area contributed by atoms with Crippen LogP contribution in [0.5, 0.6) is 0 Å². The Morgan fingerprint density at radius 3 is 2.44 bits per heavy atom. The summed E-state index contributed by atoms with van der Waals surface area (Å²) in [5.41, 5.74) is 3.28. The van der Waals surface area contributed by atoms with Crippen LogP contribution in [0.3, 0.4) is 0 Å². The maximum absolute atomic E-state index is 6.09. The molecule has 2 rings (SSSR count). The molecule has 1 aromatic carbocycles. The number of benzene rings is 1. The first-order chi connectivity index (χ1) is 7.79. The van der Waals surface area contributed by atoms with Gasteiger partial charge in [0.1, 0.15) is 0 Å². The van der Waals surface area contributed by atoms with Crippen LogP contribution >= 0.6 is 0 Å². The van der Waals surface area contributed by atoms with Crippen molar-refractivity contribution in [3.05, 3.63) is 47.7 Å². The summed E-state index contributed by atoms with van der Waals surface area (Å²) in [4.78, 5) is 0. The molecule has 1 nitrogen and oxygen atoms in total. The summed E-state index contributed by atoms with van der Waals surface area (Å²) in [5, 5.41) is 1.19. The van der Waals surface area contributed by atoms with Crippen LogP contribution in [0.25, 0.3) is 23.1 Å². The topological polar surface area (TPSA) is 4.93 Å². The Balaban J connectivity index is 2.85. The van der Waals surface area contributed by atoms with Gasteiger partial charge in [0.2, 0.25) is 7.98 Å². The monoisotopic (exact) mass is 207 g/mol. The van der Waals surface area contributed by atoms with Crippen LogP contribution in [0.1, 0.15) is 25.1 Å². The first-order valence-electron chi connectivity index (χ1n) is 5.43. The summed E-state index contributed by atoms with van der Waals surface area (Å²) in [6.07, 6.45) is 8.18. The van der Waals surface area contributed by atoms with Gasteiger partial charge in [0.25, 0.3) is 0 Å². The number of nitrogens with zero attached hydrogens (tertiary/aromatic N) is 1. The molecule has 1 aromatic heterocycles. The molecule has 0 saturated heterocycles. The van der Waals surface area contributed by atoms with Crippen LogP contribution in [0.4, 0.5) is 0 Å². The van der Waals surface area contributed by atoms with Gasteiger partial charge in [0, 0.05) is 22.2 Å².